The van der Waals surface area contributed by atoms with Gasteiger partial charge in [-0.15, -0.1) is 0 Å². The van der Waals surface area contributed by atoms with E-state index in [0.29, 0.717) is 6.07 Å². The molecule has 1 rings (SSSR count). The number of ether oxygens (including phenoxy) is 1. The van der Waals surface area contributed by atoms with Crippen molar-refractivity contribution in [2.45, 2.75) is 24.3 Å². The van der Waals surface area contributed by atoms with Crippen LogP contribution in [0.25, 0.3) is 0 Å². The molecule has 0 amide bonds. The van der Waals surface area contributed by atoms with E-state index in [0.717, 1.165) is 19.2 Å². The lowest BCUT2D eigenvalue weighted by atomic mass is 10.1. The van der Waals surface area contributed by atoms with Crippen LogP contribution in [-0.4, -0.2) is 38.1 Å². The summed E-state index contributed by atoms with van der Waals surface area (Å²) in [5.41, 5.74) is -2.35. The minimum Gasteiger partial charge on any atom is -0.478 e. The highest BCUT2D eigenvalue weighted by molar-refractivity contribution is 7.89. The summed E-state index contributed by atoms with van der Waals surface area (Å²) in [4.78, 5) is 21.8. The van der Waals surface area contributed by atoms with Crippen LogP contribution in [0.3, 0.4) is 0 Å². The standard InChI is InChI=1S/C12H14FNO6S/c1-12(2,11(17)20-3)14-21(18,19)7-4-5-9(13)8(6-7)10(15)16/h4-6,14H,1-3H3,(H,15,16). The molecular weight excluding hydrogens is 305 g/mol. The maximum absolute atomic E-state index is 13.3. The van der Waals surface area contributed by atoms with E-state index in [4.69, 9.17) is 5.11 Å². The summed E-state index contributed by atoms with van der Waals surface area (Å²) in [5, 5.41) is 8.79. The number of hydrogen-bond donors (Lipinski definition) is 2. The van der Waals surface area contributed by atoms with Crippen molar-refractivity contribution in [3.8, 4) is 0 Å². The van der Waals surface area contributed by atoms with E-state index < -0.39 is 43.8 Å². The second kappa shape index (κ2) is 5.78. The molecule has 116 valence electrons. The van der Waals surface area contributed by atoms with E-state index >= 15 is 0 Å². The summed E-state index contributed by atoms with van der Waals surface area (Å²) >= 11 is 0. The van der Waals surface area contributed by atoms with E-state index in [-0.39, 0.29) is 0 Å². The molecule has 0 aliphatic carbocycles. The third-order valence-corrected chi connectivity index (χ3v) is 4.22. The molecule has 9 heteroatoms. The molecule has 1 aromatic carbocycles. The van der Waals surface area contributed by atoms with Crippen LogP contribution in [0, 0.1) is 5.82 Å². The zero-order valence-corrected chi connectivity index (χ0v) is 12.3. The first kappa shape index (κ1) is 17.1. The Morgan fingerprint density at radius 3 is 2.38 bits per heavy atom. The number of methoxy groups -OCH3 is 1. The quantitative estimate of drug-likeness (QED) is 0.775. The van der Waals surface area contributed by atoms with Crippen molar-refractivity contribution in [1.29, 1.82) is 0 Å². The Balaban J connectivity index is 3.24. The Morgan fingerprint density at radius 1 is 1.33 bits per heavy atom. The summed E-state index contributed by atoms with van der Waals surface area (Å²) in [5.74, 6) is -3.49. The van der Waals surface area contributed by atoms with Gasteiger partial charge in [-0.25, -0.2) is 17.6 Å². The van der Waals surface area contributed by atoms with Crippen LogP contribution in [0.5, 0.6) is 0 Å². The molecule has 0 unspecified atom stereocenters. The average Bonchev–Trinajstić information content (AvgIpc) is 2.36. The Kier molecular flexibility index (Phi) is 4.69. The Labute approximate surface area is 120 Å². The molecular formula is C12H14FNO6S. The van der Waals surface area contributed by atoms with E-state index in [9.17, 15) is 22.4 Å². The number of aromatic carboxylic acids is 1. The number of halogens is 1. The molecule has 0 spiro atoms. The number of esters is 1. The van der Waals surface area contributed by atoms with E-state index in [1.165, 1.54) is 13.8 Å². The van der Waals surface area contributed by atoms with Crippen LogP contribution >= 0.6 is 0 Å². The fourth-order valence-electron chi connectivity index (χ4n) is 1.53. The fourth-order valence-corrected chi connectivity index (χ4v) is 2.92. The number of sulfonamides is 1. The van der Waals surface area contributed by atoms with E-state index in [1.807, 2.05) is 0 Å². The molecule has 7 nitrogen and oxygen atoms in total. The summed E-state index contributed by atoms with van der Waals surface area (Å²) in [6.45, 7) is 2.55. The van der Waals surface area contributed by atoms with E-state index in [2.05, 4.69) is 9.46 Å². The topological polar surface area (TPSA) is 110 Å². The van der Waals surface area contributed by atoms with Crippen molar-refractivity contribution < 1.29 is 32.2 Å². The molecule has 0 saturated heterocycles. The molecule has 0 aromatic heterocycles. The molecule has 0 heterocycles. The van der Waals surface area contributed by atoms with Crippen molar-refractivity contribution >= 4 is 22.0 Å². The highest BCUT2D eigenvalue weighted by atomic mass is 32.2. The number of nitrogens with one attached hydrogen (secondary N) is 1. The van der Waals surface area contributed by atoms with Gasteiger partial charge in [-0.1, -0.05) is 0 Å². The van der Waals surface area contributed by atoms with Gasteiger partial charge in [0.1, 0.15) is 11.4 Å². The molecule has 0 bridgehead atoms. The minimum absolute atomic E-state index is 0.474. The molecule has 2 N–H and O–H groups in total. The van der Waals surface area contributed by atoms with Crippen LogP contribution in [0.4, 0.5) is 4.39 Å². The Hall–Kier alpha value is -2.00. The summed E-state index contributed by atoms with van der Waals surface area (Å²) in [7, 11) is -3.13. The van der Waals surface area contributed by atoms with E-state index in [1.54, 1.807) is 0 Å². The van der Waals surface area contributed by atoms with Crippen molar-refractivity contribution in [2.75, 3.05) is 7.11 Å². The molecule has 0 fully saturated rings. The Bertz CT molecular complexity index is 683. The highest BCUT2D eigenvalue weighted by Crippen LogP contribution is 2.18. The predicted molar refractivity (Wildman–Crippen MR) is 69.8 cm³/mol. The second-order valence-corrected chi connectivity index (χ2v) is 6.35. The summed E-state index contributed by atoms with van der Waals surface area (Å²) in [6.07, 6.45) is 0. The van der Waals surface area contributed by atoms with Crippen LogP contribution in [0.1, 0.15) is 24.2 Å². The third-order valence-electron chi connectivity index (χ3n) is 2.56. The van der Waals surface area contributed by atoms with Crippen LogP contribution in [-0.2, 0) is 19.6 Å². The largest absolute Gasteiger partial charge is 0.478 e. The monoisotopic (exact) mass is 319 g/mol. The summed E-state index contributed by atoms with van der Waals surface area (Å²) in [6, 6.07) is 2.30. The minimum atomic E-state index is -4.23. The number of rotatable bonds is 5. The highest BCUT2D eigenvalue weighted by Gasteiger charge is 2.34. The molecule has 0 atom stereocenters. The zero-order chi connectivity index (χ0) is 16.4. The summed E-state index contributed by atoms with van der Waals surface area (Å²) < 4.78 is 44.0. The number of carboxylic acid groups (broad SMARTS) is 1. The number of carbonyl (C=O) groups excluding carboxylic acids is 1. The van der Waals surface area contributed by atoms with Gasteiger partial charge in [0.25, 0.3) is 0 Å². The average molecular weight is 319 g/mol. The normalized spacial score (nSPS) is 12.0. The van der Waals surface area contributed by atoms with Crippen molar-refractivity contribution in [3.63, 3.8) is 0 Å². The molecule has 0 saturated carbocycles. The van der Waals surface area contributed by atoms with Crippen molar-refractivity contribution in [1.82, 2.24) is 4.72 Å². The van der Waals surface area contributed by atoms with Gasteiger partial charge in [-0.3, -0.25) is 4.79 Å². The maximum Gasteiger partial charge on any atom is 0.338 e. The van der Waals surface area contributed by atoms with Gasteiger partial charge in [-0.2, -0.15) is 4.72 Å². The zero-order valence-electron chi connectivity index (χ0n) is 11.5. The van der Waals surface area contributed by atoms with Crippen molar-refractivity contribution in [3.05, 3.63) is 29.6 Å². The lowest BCUT2D eigenvalue weighted by Crippen LogP contribution is -2.50. The van der Waals surface area contributed by atoms with Gasteiger partial charge in [-0.05, 0) is 32.0 Å². The molecule has 0 aliphatic rings. The Morgan fingerprint density at radius 2 is 1.90 bits per heavy atom. The van der Waals surface area contributed by atoms with Gasteiger partial charge in [0.15, 0.2) is 0 Å². The fraction of sp³-hybridized carbons (Fsp3) is 0.333. The SMILES string of the molecule is COC(=O)C(C)(C)NS(=O)(=O)c1ccc(F)c(C(=O)O)c1. The predicted octanol–water partition coefficient (Wildman–Crippen LogP) is 0.754. The van der Waals surface area contributed by atoms with Gasteiger partial charge in [0, 0.05) is 0 Å². The van der Waals surface area contributed by atoms with Gasteiger partial charge in [0.2, 0.25) is 10.0 Å². The number of benzene rings is 1. The maximum atomic E-state index is 13.3. The van der Waals surface area contributed by atoms with Crippen molar-refractivity contribution in [2.24, 2.45) is 0 Å². The molecule has 1 aromatic rings. The first-order valence-corrected chi connectivity index (χ1v) is 7.15. The smallest absolute Gasteiger partial charge is 0.338 e. The first-order valence-electron chi connectivity index (χ1n) is 5.66. The number of carbonyl (C=O) groups is 2. The lowest BCUT2D eigenvalue weighted by molar-refractivity contribution is -0.146. The van der Waals surface area contributed by atoms with Gasteiger partial charge in [0.05, 0.1) is 17.6 Å². The number of hydrogen-bond acceptors (Lipinski definition) is 5. The third kappa shape index (κ3) is 3.76. The van der Waals surface area contributed by atoms with Crippen LogP contribution < -0.4 is 4.72 Å². The van der Waals surface area contributed by atoms with Gasteiger partial charge >= 0.3 is 11.9 Å². The second-order valence-electron chi connectivity index (χ2n) is 4.67. The molecule has 0 aliphatic heterocycles. The van der Waals surface area contributed by atoms with Crippen LogP contribution in [0.15, 0.2) is 23.1 Å². The number of carboxylic acids is 1. The lowest BCUT2D eigenvalue weighted by Gasteiger charge is -2.22. The molecule has 0 radical (unpaired) electrons. The van der Waals surface area contributed by atoms with Gasteiger partial charge < -0.3 is 9.84 Å². The van der Waals surface area contributed by atoms with Crippen LogP contribution in [0.2, 0.25) is 0 Å². The molecule has 21 heavy (non-hydrogen) atoms. The first-order chi connectivity index (χ1) is 9.51.